The fraction of sp³-hybridized carbons (Fsp3) is 0.261. The van der Waals surface area contributed by atoms with Crippen LogP contribution >= 0.6 is 11.8 Å². The van der Waals surface area contributed by atoms with Crippen LogP contribution in [0, 0.1) is 0 Å². The Morgan fingerprint density at radius 2 is 1.78 bits per heavy atom. The first kappa shape index (κ1) is 25.8. The van der Waals surface area contributed by atoms with E-state index in [9.17, 15) is 35.9 Å². The molecule has 1 atom stereocenters. The number of imide groups is 1. The van der Waals surface area contributed by atoms with Gasteiger partial charge in [0.15, 0.2) is 0 Å². The molecule has 1 fully saturated rings. The fourth-order valence-corrected chi connectivity index (χ4v) is 4.58. The van der Waals surface area contributed by atoms with Gasteiger partial charge in [-0.15, -0.1) is 0 Å². The first-order valence-electron chi connectivity index (χ1n) is 10.5. The number of carbonyl (C=O) groups excluding carboxylic acids is 2. The molecule has 1 aromatic heterocycles. The van der Waals surface area contributed by atoms with Gasteiger partial charge < -0.3 is 5.73 Å². The molecule has 3 aromatic rings. The van der Waals surface area contributed by atoms with E-state index in [0.717, 1.165) is 22.7 Å². The third-order valence-corrected chi connectivity index (χ3v) is 6.28. The molecule has 0 radical (unpaired) electrons. The highest BCUT2D eigenvalue weighted by molar-refractivity contribution is 8.18. The third kappa shape index (κ3) is 5.26. The summed E-state index contributed by atoms with van der Waals surface area (Å²) in [5.41, 5.74) is 3.52. The number of fused-ring (bicyclic) bond motifs is 1. The summed E-state index contributed by atoms with van der Waals surface area (Å²) in [6.45, 7) is 1.34. The summed E-state index contributed by atoms with van der Waals surface area (Å²) < 4.78 is 80.5. The normalized spacial score (nSPS) is 17.0. The Balaban J connectivity index is 1.63. The number of alkyl halides is 6. The van der Waals surface area contributed by atoms with Gasteiger partial charge in [-0.1, -0.05) is 12.1 Å². The molecule has 0 bridgehead atoms. The molecule has 4 rings (SSSR count). The van der Waals surface area contributed by atoms with Crippen molar-refractivity contribution in [3.05, 3.63) is 69.8 Å². The van der Waals surface area contributed by atoms with Crippen LogP contribution in [0.2, 0.25) is 0 Å². The zero-order valence-corrected chi connectivity index (χ0v) is 19.3. The lowest BCUT2D eigenvalue weighted by Gasteiger charge is -2.16. The van der Waals surface area contributed by atoms with Crippen molar-refractivity contribution >= 4 is 39.9 Å². The average molecular weight is 528 g/mol. The number of amides is 2. The highest BCUT2D eigenvalue weighted by atomic mass is 32.2. The van der Waals surface area contributed by atoms with Gasteiger partial charge in [-0.05, 0) is 60.2 Å². The van der Waals surface area contributed by atoms with Gasteiger partial charge in [-0.3, -0.25) is 19.2 Å². The maximum atomic E-state index is 13.5. The SMILES string of the molecule is C[C@@H](N)CN1C(=O)SC(=Cc2ccc3c(cnn3Cc3ccc(C(F)(F)F)cc3C(F)(F)F)c2)C1=O. The first-order valence-corrected chi connectivity index (χ1v) is 11.3. The van der Waals surface area contributed by atoms with Crippen molar-refractivity contribution in [2.75, 3.05) is 6.54 Å². The zero-order chi connectivity index (χ0) is 26.4. The molecular weight excluding hydrogens is 510 g/mol. The van der Waals surface area contributed by atoms with Crippen LogP contribution in [0.5, 0.6) is 0 Å². The van der Waals surface area contributed by atoms with Crippen molar-refractivity contribution in [2.24, 2.45) is 5.73 Å². The van der Waals surface area contributed by atoms with Gasteiger partial charge in [0.25, 0.3) is 11.1 Å². The second kappa shape index (κ2) is 9.28. The van der Waals surface area contributed by atoms with E-state index in [-0.39, 0.29) is 29.1 Å². The maximum absolute atomic E-state index is 13.5. The van der Waals surface area contributed by atoms with Crippen LogP contribution in [0.1, 0.15) is 29.2 Å². The molecule has 36 heavy (non-hydrogen) atoms. The summed E-state index contributed by atoms with van der Waals surface area (Å²) in [5.74, 6) is -0.472. The van der Waals surface area contributed by atoms with Gasteiger partial charge in [-0.25, -0.2) is 0 Å². The molecule has 2 aromatic carbocycles. The van der Waals surface area contributed by atoms with Crippen molar-refractivity contribution in [1.82, 2.24) is 14.7 Å². The van der Waals surface area contributed by atoms with Gasteiger partial charge in [0.05, 0.1) is 34.3 Å². The first-order chi connectivity index (χ1) is 16.7. The Kier molecular flexibility index (Phi) is 6.64. The van der Waals surface area contributed by atoms with Crippen LogP contribution in [0.3, 0.4) is 0 Å². The van der Waals surface area contributed by atoms with E-state index in [1.807, 2.05) is 0 Å². The summed E-state index contributed by atoms with van der Waals surface area (Å²) in [7, 11) is 0. The molecule has 1 saturated heterocycles. The van der Waals surface area contributed by atoms with Gasteiger partial charge >= 0.3 is 12.4 Å². The molecule has 1 aliphatic heterocycles. The number of hydrogen-bond acceptors (Lipinski definition) is 5. The Bertz CT molecular complexity index is 1380. The quantitative estimate of drug-likeness (QED) is 0.349. The molecule has 1 aliphatic rings. The van der Waals surface area contributed by atoms with E-state index in [2.05, 4.69) is 5.10 Å². The minimum absolute atomic E-state index is 0.0810. The van der Waals surface area contributed by atoms with E-state index in [4.69, 9.17) is 5.73 Å². The van der Waals surface area contributed by atoms with Crippen molar-refractivity contribution < 1.29 is 35.9 Å². The lowest BCUT2D eigenvalue weighted by Crippen LogP contribution is -2.38. The molecule has 2 N–H and O–H groups in total. The van der Waals surface area contributed by atoms with Crippen molar-refractivity contribution in [1.29, 1.82) is 0 Å². The molecule has 190 valence electrons. The van der Waals surface area contributed by atoms with Crippen LogP contribution < -0.4 is 5.73 Å². The monoisotopic (exact) mass is 528 g/mol. The smallest absolute Gasteiger partial charge is 0.326 e. The second-order valence-electron chi connectivity index (χ2n) is 8.26. The molecule has 0 saturated carbocycles. The van der Waals surface area contributed by atoms with E-state index in [1.54, 1.807) is 25.1 Å². The number of benzene rings is 2. The molecule has 2 amide bonds. The van der Waals surface area contributed by atoms with Crippen molar-refractivity contribution in [3.63, 3.8) is 0 Å². The van der Waals surface area contributed by atoms with Gasteiger partial charge in [0, 0.05) is 18.0 Å². The van der Waals surface area contributed by atoms with E-state index in [1.165, 1.54) is 17.0 Å². The van der Waals surface area contributed by atoms with Gasteiger partial charge in [-0.2, -0.15) is 31.4 Å². The van der Waals surface area contributed by atoms with Crippen LogP contribution in [0.4, 0.5) is 31.1 Å². The number of carbonyl (C=O) groups is 2. The predicted octanol–water partition coefficient (Wildman–Crippen LogP) is 5.51. The van der Waals surface area contributed by atoms with Crippen LogP contribution in [-0.2, 0) is 23.7 Å². The van der Waals surface area contributed by atoms with E-state index >= 15 is 0 Å². The number of rotatable bonds is 5. The predicted molar refractivity (Wildman–Crippen MR) is 122 cm³/mol. The summed E-state index contributed by atoms with van der Waals surface area (Å²) in [5, 5.41) is 4.18. The summed E-state index contributed by atoms with van der Waals surface area (Å²) >= 11 is 0.773. The summed E-state index contributed by atoms with van der Waals surface area (Å²) in [6, 6.07) is 5.91. The highest BCUT2D eigenvalue weighted by Gasteiger charge is 2.38. The average Bonchev–Trinajstić information content (AvgIpc) is 3.27. The number of aromatic nitrogens is 2. The number of hydrogen-bond donors (Lipinski definition) is 1. The third-order valence-electron chi connectivity index (χ3n) is 5.37. The van der Waals surface area contributed by atoms with Gasteiger partial charge in [0.2, 0.25) is 0 Å². The molecule has 0 spiro atoms. The fourth-order valence-electron chi connectivity index (χ4n) is 3.73. The zero-order valence-electron chi connectivity index (χ0n) is 18.5. The molecule has 2 heterocycles. The van der Waals surface area contributed by atoms with E-state index in [0.29, 0.717) is 22.5 Å². The maximum Gasteiger partial charge on any atom is 0.416 e. The lowest BCUT2D eigenvalue weighted by molar-refractivity contribution is -0.143. The van der Waals surface area contributed by atoms with E-state index < -0.39 is 41.2 Å². The largest absolute Gasteiger partial charge is 0.416 e. The minimum Gasteiger partial charge on any atom is -0.326 e. The topological polar surface area (TPSA) is 81.2 Å². The van der Waals surface area contributed by atoms with Crippen molar-refractivity contribution in [3.8, 4) is 0 Å². The number of nitrogens with two attached hydrogens (primary N) is 1. The van der Waals surface area contributed by atoms with Crippen LogP contribution in [-0.4, -0.2) is 38.4 Å². The lowest BCUT2D eigenvalue weighted by atomic mass is 10.0. The number of nitrogens with zero attached hydrogens (tertiary/aromatic N) is 3. The molecule has 0 unspecified atom stereocenters. The number of halogens is 6. The highest BCUT2D eigenvalue weighted by Crippen LogP contribution is 2.38. The number of thioether (sulfide) groups is 1. The Hall–Kier alpha value is -3.32. The minimum atomic E-state index is -4.99. The molecule has 6 nitrogen and oxygen atoms in total. The van der Waals surface area contributed by atoms with Crippen LogP contribution in [0.15, 0.2) is 47.5 Å². The molecule has 0 aliphatic carbocycles. The summed E-state index contributed by atoms with van der Waals surface area (Å²) in [6.07, 6.45) is -6.99. The summed E-state index contributed by atoms with van der Waals surface area (Å²) in [4.78, 5) is 25.9. The van der Waals surface area contributed by atoms with Gasteiger partial charge in [0.1, 0.15) is 0 Å². The van der Waals surface area contributed by atoms with Crippen molar-refractivity contribution in [2.45, 2.75) is 31.9 Å². The standard InChI is InChI=1S/C23H18F6N4O2S/c1-12(30)10-32-20(34)19(36-21(32)35)7-13-2-5-18-15(6-13)9-31-33(18)11-14-3-4-16(22(24,25)26)8-17(14)23(27,28)29/h2-9,12H,10-11,30H2,1H3/t12-/m1/s1. The Morgan fingerprint density at radius 1 is 1.06 bits per heavy atom. The Morgan fingerprint density at radius 3 is 2.42 bits per heavy atom. The molecular formula is C23H18F6N4O2S. The second-order valence-corrected chi connectivity index (χ2v) is 9.25. The van der Waals surface area contributed by atoms with Crippen LogP contribution in [0.25, 0.3) is 17.0 Å². The Labute approximate surface area is 204 Å². The molecule has 13 heteroatoms.